The molecule has 0 saturated heterocycles. The number of fused-ring (bicyclic) bond motifs is 1. The molecule has 0 radical (unpaired) electrons. The topological polar surface area (TPSA) is 94.5 Å². The summed E-state index contributed by atoms with van der Waals surface area (Å²) in [5, 5.41) is 11.0. The molecule has 8 heteroatoms. The number of amides is 1. The van der Waals surface area contributed by atoms with E-state index in [0.29, 0.717) is 18.1 Å². The lowest BCUT2D eigenvalue weighted by molar-refractivity contribution is -0.126. The van der Waals surface area contributed by atoms with Gasteiger partial charge >= 0.3 is 0 Å². The van der Waals surface area contributed by atoms with Crippen LogP contribution in [-0.4, -0.2) is 32.7 Å². The van der Waals surface area contributed by atoms with Crippen molar-refractivity contribution < 1.29 is 13.9 Å². The van der Waals surface area contributed by atoms with Crippen molar-refractivity contribution >= 4 is 11.6 Å². The number of pyridine rings is 1. The molecule has 3 aromatic rings. The van der Waals surface area contributed by atoms with E-state index >= 15 is 0 Å². The Hall–Kier alpha value is -2.84. The molecule has 0 bridgehead atoms. The lowest BCUT2D eigenvalue weighted by Gasteiger charge is -2.23. The third kappa shape index (κ3) is 4.66. The van der Waals surface area contributed by atoms with Gasteiger partial charge in [0.05, 0.1) is 18.8 Å². The summed E-state index contributed by atoms with van der Waals surface area (Å²) in [7, 11) is 0. The molecule has 1 amide bonds. The number of rotatable bonds is 7. The molecule has 3 N–H and O–H groups in total. The van der Waals surface area contributed by atoms with Crippen LogP contribution in [0.25, 0.3) is 5.65 Å². The van der Waals surface area contributed by atoms with E-state index < -0.39 is 17.4 Å². The zero-order valence-electron chi connectivity index (χ0n) is 15.2. The van der Waals surface area contributed by atoms with Crippen LogP contribution in [0.2, 0.25) is 0 Å². The lowest BCUT2D eigenvalue weighted by atomic mass is 10.1. The second-order valence-electron chi connectivity index (χ2n) is 6.88. The first-order valence-corrected chi connectivity index (χ1v) is 8.56. The van der Waals surface area contributed by atoms with Crippen molar-refractivity contribution in [1.82, 2.24) is 19.9 Å². The van der Waals surface area contributed by atoms with Crippen LogP contribution in [0, 0.1) is 5.82 Å². The van der Waals surface area contributed by atoms with Crippen molar-refractivity contribution in [3.8, 4) is 0 Å². The van der Waals surface area contributed by atoms with Crippen molar-refractivity contribution in [3.05, 3.63) is 65.9 Å². The molecule has 0 unspecified atom stereocenters. The molecule has 0 spiro atoms. The van der Waals surface area contributed by atoms with Gasteiger partial charge in [-0.15, -0.1) is 10.2 Å². The maximum Gasteiger partial charge on any atom is 0.240 e. The number of aromatic nitrogens is 3. The van der Waals surface area contributed by atoms with Crippen LogP contribution in [0.5, 0.6) is 0 Å². The normalized spacial score (nSPS) is 12.9. The number of hydrogen-bond acceptors (Lipinski definition) is 5. The van der Waals surface area contributed by atoms with Crippen molar-refractivity contribution in [2.24, 2.45) is 5.73 Å². The van der Waals surface area contributed by atoms with Gasteiger partial charge in [-0.25, -0.2) is 4.39 Å². The maximum atomic E-state index is 13.7. The van der Waals surface area contributed by atoms with Crippen LogP contribution in [-0.2, 0) is 16.1 Å². The molecule has 142 valence electrons. The molecule has 0 aliphatic heterocycles. The quantitative estimate of drug-likeness (QED) is 0.662. The summed E-state index contributed by atoms with van der Waals surface area (Å²) < 4.78 is 20.9. The summed E-state index contributed by atoms with van der Waals surface area (Å²) in [5.74, 6) is -0.433. The second-order valence-corrected chi connectivity index (χ2v) is 6.88. The van der Waals surface area contributed by atoms with E-state index in [9.17, 15) is 9.18 Å². The minimum absolute atomic E-state index is 0.133. The summed E-state index contributed by atoms with van der Waals surface area (Å²) in [4.78, 5) is 12.4. The molecule has 1 atom stereocenters. The Kier molecular flexibility index (Phi) is 5.48. The summed E-state index contributed by atoms with van der Waals surface area (Å²) >= 11 is 0. The molecule has 0 aliphatic carbocycles. The van der Waals surface area contributed by atoms with Gasteiger partial charge in [0.1, 0.15) is 11.9 Å². The first kappa shape index (κ1) is 18.9. The van der Waals surface area contributed by atoms with Gasteiger partial charge in [0.15, 0.2) is 11.5 Å². The predicted molar refractivity (Wildman–Crippen MR) is 98.2 cm³/mol. The van der Waals surface area contributed by atoms with Crippen molar-refractivity contribution in [2.45, 2.75) is 32.0 Å². The standard InChI is InChI=1S/C19H22FN5O2/c1-19(2,21)18(26)22-15(12-27-11-13-6-4-3-5-7-13)17-24-23-16-9-8-14(20)10-25(16)17/h3-10,15H,11-12,21H2,1-2H3,(H,22,26)/t15-/m1/s1. The molecule has 2 heterocycles. The minimum atomic E-state index is -1.08. The zero-order valence-corrected chi connectivity index (χ0v) is 15.2. The number of hydrogen-bond donors (Lipinski definition) is 2. The fraction of sp³-hybridized carbons (Fsp3) is 0.316. The largest absolute Gasteiger partial charge is 0.374 e. The summed E-state index contributed by atoms with van der Waals surface area (Å²) in [5.41, 5.74) is 6.27. The Labute approximate surface area is 156 Å². The first-order valence-electron chi connectivity index (χ1n) is 8.56. The van der Waals surface area contributed by atoms with Crippen molar-refractivity contribution in [2.75, 3.05) is 6.61 Å². The van der Waals surface area contributed by atoms with Crippen LogP contribution < -0.4 is 11.1 Å². The van der Waals surface area contributed by atoms with Crippen LogP contribution in [0.1, 0.15) is 31.3 Å². The van der Waals surface area contributed by atoms with Gasteiger partial charge < -0.3 is 15.8 Å². The van der Waals surface area contributed by atoms with E-state index in [4.69, 9.17) is 10.5 Å². The predicted octanol–water partition coefficient (Wildman–Crippen LogP) is 1.98. The Morgan fingerprint density at radius 1 is 1.26 bits per heavy atom. The summed E-state index contributed by atoms with van der Waals surface area (Å²) in [6.07, 6.45) is 1.27. The van der Waals surface area contributed by atoms with Gasteiger partial charge in [-0.1, -0.05) is 30.3 Å². The van der Waals surface area contributed by atoms with Gasteiger partial charge in [0.25, 0.3) is 0 Å². The number of nitrogens with one attached hydrogen (secondary N) is 1. The molecule has 3 rings (SSSR count). The Morgan fingerprint density at radius 2 is 2.00 bits per heavy atom. The van der Waals surface area contributed by atoms with Crippen molar-refractivity contribution in [3.63, 3.8) is 0 Å². The molecule has 7 nitrogen and oxygen atoms in total. The van der Waals surface area contributed by atoms with E-state index in [-0.39, 0.29) is 12.5 Å². The second kappa shape index (κ2) is 7.81. The molecular weight excluding hydrogens is 349 g/mol. The van der Waals surface area contributed by atoms with Crippen LogP contribution in [0.15, 0.2) is 48.7 Å². The molecule has 2 aromatic heterocycles. The number of ether oxygens (including phenoxy) is 1. The van der Waals surface area contributed by atoms with E-state index in [1.54, 1.807) is 13.8 Å². The highest BCUT2D eigenvalue weighted by Gasteiger charge is 2.28. The van der Waals surface area contributed by atoms with E-state index in [0.717, 1.165) is 5.56 Å². The highest BCUT2D eigenvalue weighted by Crippen LogP contribution is 2.16. The SMILES string of the molecule is CC(C)(N)C(=O)N[C@H](COCc1ccccc1)c1nnc2ccc(F)cn12. The Balaban J connectivity index is 1.82. The third-order valence-electron chi connectivity index (χ3n) is 3.99. The van der Waals surface area contributed by atoms with Gasteiger partial charge in [-0.05, 0) is 31.5 Å². The Morgan fingerprint density at radius 3 is 2.70 bits per heavy atom. The maximum absolute atomic E-state index is 13.7. The van der Waals surface area contributed by atoms with E-state index in [1.807, 2.05) is 30.3 Å². The highest BCUT2D eigenvalue weighted by molar-refractivity contribution is 5.85. The van der Waals surface area contributed by atoms with E-state index in [2.05, 4.69) is 15.5 Å². The number of nitrogens with two attached hydrogens (primary N) is 1. The van der Waals surface area contributed by atoms with Gasteiger partial charge in [-0.3, -0.25) is 9.20 Å². The van der Waals surface area contributed by atoms with Crippen LogP contribution >= 0.6 is 0 Å². The molecule has 0 aliphatic rings. The monoisotopic (exact) mass is 371 g/mol. The third-order valence-corrected chi connectivity index (χ3v) is 3.99. The highest BCUT2D eigenvalue weighted by atomic mass is 19.1. The fourth-order valence-corrected chi connectivity index (χ4v) is 2.51. The zero-order chi connectivity index (χ0) is 19.4. The van der Waals surface area contributed by atoms with E-state index in [1.165, 1.54) is 22.7 Å². The molecular formula is C19H22FN5O2. The Bertz CT molecular complexity index is 921. The van der Waals surface area contributed by atoms with Gasteiger partial charge in [0, 0.05) is 6.20 Å². The number of nitrogens with zero attached hydrogens (tertiary/aromatic N) is 3. The fourth-order valence-electron chi connectivity index (χ4n) is 2.51. The van der Waals surface area contributed by atoms with Gasteiger partial charge in [-0.2, -0.15) is 0 Å². The molecule has 27 heavy (non-hydrogen) atoms. The summed E-state index contributed by atoms with van der Waals surface area (Å²) in [6, 6.07) is 11.8. The first-order chi connectivity index (χ1) is 12.8. The average molecular weight is 371 g/mol. The number of carbonyl (C=O) groups is 1. The smallest absolute Gasteiger partial charge is 0.240 e. The van der Waals surface area contributed by atoms with Crippen molar-refractivity contribution in [1.29, 1.82) is 0 Å². The molecule has 1 aromatic carbocycles. The lowest BCUT2D eigenvalue weighted by Crippen LogP contribution is -2.50. The number of carbonyl (C=O) groups excluding carboxylic acids is 1. The van der Waals surface area contributed by atoms with Crippen LogP contribution in [0.3, 0.4) is 0 Å². The molecule has 0 saturated carbocycles. The molecule has 0 fully saturated rings. The minimum Gasteiger partial charge on any atom is -0.374 e. The number of halogens is 1. The summed E-state index contributed by atoms with van der Waals surface area (Å²) in [6.45, 7) is 3.70. The number of benzene rings is 1. The van der Waals surface area contributed by atoms with Gasteiger partial charge in [0.2, 0.25) is 5.91 Å². The van der Waals surface area contributed by atoms with Crippen LogP contribution in [0.4, 0.5) is 4.39 Å². The average Bonchev–Trinajstić information content (AvgIpc) is 3.03.